The molecule has 22 heavy (non-hydrogen) atoms. The number of fused-ring (bicyclic) bond motifs is 1. The van der Waals surface area contributed by atoms with E-state index in [9.17, 15) is 8.42 Å². The highest BCUT2D eigenvalue weighted by molar-refractivity contribution is 9.10. The summed E-state index contributed by atoms with van der Waals surface area (Å²) < 4.78 is 33.0. The van der Waals surface area contributed by atoms with Crippen molar-refractivity contribution < 1.29 is 13.2 Å². The molecule has 2 unspecified atom stereocenters. The van der Waals surface area contributed by atoms with Crippen LogP contribution in [0.5, 0.6) is 5.75 Å². The summed E-state index contributed by atoms with van der Waals surface area (Å²) in [6.45, 7) is 3.16. The second kappa shape index (κ2) is 7.05. The highest BCUT2D eigenvalue weighted by atomic mass is 79.9. The normalized spacial score (nSPS) is 25.4. The molecule has 0 aliphatic carbocycles. The third kappa shape index (κ3) is 3.28. The average Bonchev–Trinajstić information content (AvgIpc) is 2.94. The van der Waals surface area contributed by atoms with E-state index in [4.69, 9.17) is 4.74 Å². The molecular weight excluding hydrogens is 392 g/mol. The molecule has 2 aliphatic heterocycles. The van der Waals surface area contributed by atoms with Crippen molar-refractivity contribution in [2.45, 2.75) is 11.3 Å². The van der Waals surface area contributed by atoms with Gasteiger partial charge in [0.05, 0.1) is 16.5 Å². The molecule has 1 N–H and O–H groups in total. The van der Waals surface area contributed by atoms with Gasteiger partial charge in [0, 0.05) is 13.1 Å². The summed E-state index contributed by atoms with van der Waals surface area (Å²) >= 11 is 3.35. The zero-order valence-corrected chi connectivity index (χ0v) is 15.5. The quantitative estimate of drug-likeness (QED) is 0.827. The first-order chi connectivity index (χ1) is 10.0. The number of nitrogens with one attached hydrogen (secondary N) is 1. The number of hydrogen-bond donors (Lipinski definition) is 1. The molecule has 124 valence electrons. The highest BCUT2D eigenvalue weighted by Gasteiger charge is 2.37. The van der Waals surface area contributed by atoms with E-state index >= 15 is 0 Å². The Morgan fingerprint density at radius 3 is 2.73 bits per heavy atom. The Hall–Kier alpha value is -0.340. The Morgan fingerprint density at radius 2 is 2.05 bits per heavy atom. The van der Waals surface area contributed by atoms with Gasteiger partial charge >= 0.3 is 0 Å². The molecule has 0 bridgehead atoms. The topological polar surface area (TPSA) is 58.6 Å². The van der Waals surface area contributed by atoms with E-state index in [1.807, 2.05) is 0 Å². The van der Waals surface area contributed by atoms with E-state index in [-0.39, 0.29) is 12.4 Å². The first kappa shape index (κ1) is 18.0. The minimum Gasteiger partial charge on any atom is -0.496 e. The van der Waals surface area contributed by atoms with Crippen molar-refractivity contribution in [1.29, 1.82) is 0 Å². The molecule has 2 heterocycles. The molecule has 1 aromatic rings. The molecule has 0 radical (unpaired) electrons. The fourth-order valence-electron chi connectivity index (χ4n) is 3.18. The van der Waals surface area contributed by atoms with E-state index in [1.54, 1.807) is 29.6 Å². The van der Waals surface area contributed by atoms with Crippen LogP contribution in [-0.4, -0.2) is 46.0 Å². The van der Waals surface area contributed by atoms with E-state index in [1.165, 1.54) is 0 Å². The smallest absolute Gasteiger partial charge is 0.243 e. The van der Waals surface area contributed by atoms with Crippen molar-refractivity contribution >= 4 is 38.4 Å². The van der Waals surface area contributed by atoms with Crippen LogP contribution < -0.4 is 10.1 Å². The third-order valence-electron chi connectivity index (χ3n) is 4.43. The molecule has 5 nitrogen and oxygen atoms in total. The summed E-state index contributed by atoms with van der Waals surface area (Å²) in [6, 6.07) is 4.91. The number of halogens is 2. The standard InChI is InChI=1S/C14H19BrN2O3S.ClH/c1-20-14-3-2-12(6-13(14)15)21(18,19)17-5-4-10-7-16-8-11(10)9-17;/h2-3,6,10-11,16H,4-5,7-9H2,1H3;1H. The lowest BCUT2D eigenvalue weighted by molar-refractivity contribution is 0.228. The maximum Gasteiger partial charge on any atom is 0.243 e. The number of benzene rings is 1. The third-order valence-corrected chi connectivity index (χ3v) is 6.91. The van der Waals surface area contributed by atoms with Crippen LogP contribution in [0.4, 0.5) is 0 Å². The van der Waals surface area contributed by atoms with Crippen LogP contribution in [0, 0.1) is 11.8 Å². The first-order valence-electron chi connectivity index (χ1n) is 7.07. The van der Waals surface area contributed by atoms with E-state index in [0.29, 0.717) is 40.0 Å². The minimum absolute atomic E-state index is 0. The van der Waals surface area contributed by atoms with Gasteiger partial charge in [-0.1, -0.05) is 0 Å². The van der Waals surface area contributed by atoms with Crippen LogP contribution in [0.1, 0.15) is 6.42 Å². The first-order valence-corrected chi connectivity index (χ1v) is 9.30. The minimum atomic E-state index is -3.43. The van der Waals surface area contributed by atoms with Gasteiger partial charge in [0.25, 0.3) is 0 Å². The number of sulfonamides is 1. The second-order valence-electron chi connectivity index (χ2n) is 5.63. The van der Waals surface area contributed by atoms with Gasteiger partial charge in [-0.15, -0.1) is 12.4 Å². The molecule has 0 saturated carbocycles. The molecule has 1 aromatic carbocycles. The van der Waals surface area contributed by atoms with E-state index in [2.05, 4.69) is 21.2 Å². The summed E-state index contributed by atoms with van der Waals surface area (Å²) in [5.74, 6) is 1.70. The molecule has 3 rings (SSSR count). The zero-order valence-electron chi connectivity index (χ0n) is 12.3. The Labute approximate surface area is 146 Å². The lowest BCUT2D eigenvalue weighted by Gasteiger charge is -2.33. The van der Waals surface area contributed by atoms with Crippen LogP contribution in [0.25, 0.3) is 0 Å². The Kier molecular flexibility index (Phi) is 5.77. The van der Waals surface area contributed by atoms with Crippen LogP contribution in [0.15, 0.2) is 27.6 Å². The van der Waals surface area contributed by atoms with Crippen molar-refractivity contribution in [3.63, 3.8) is 0 Å². The van der Waals surface area contributed by atoms with Crippen LogP contribution >= 0.6 is 28.3 Å². The molecule has 2 aliphatic rings. The predicted molar refractivity (Wildman–Crippen MR) is 91.2 cm³/mol. The van der Waals surface area contributed by atoms with E-state index < -0.39 is 10.0 Å². The Balaban J connectivity index is 0.00000176. The fraction of sp³-hybridized carbons (Fsp3) is 0.571. The van der Waals surface area contributed by atoms with Gasteiger partial charge in [0.2, 0.25) is 10.0 Å². The molecule has 8 heteroatoms. The van der Waals surface area contributed by atoms with Gasteiger partial charge < -0.3 is 10.1 Å². The van der Waals surface area contributed by atoms with Gasteiger partial charge in [0.1, 0.15) is 5.75 Å². The van der Waals surface area contributed by atoms with Gasteiger partial charge in [-0.3, -0.25) is 0 Å². The molecule has 0 spiro atoms. The summed E-state index contributed by atoms with van der Waals surface area (Å²) in [5.41, 5.74) is 0. The highest BCUT2D eigenvalue weighted by Crippen LogP contribution is 2.32. The lowest BCUT2D eigenvalue weighted by atomic mass is 9.90. The number of nitrogens with zero attached hydrogens (tertiary/aromatic N) is 1. The van der Waals surface area contributed by atoms with Gasteiger partial charge in [0.15, 0.2) is 0 Å². The largest absolute Gasteiger partial charge is 0.496 e. The Bertz CT molecular complexity index is 641. The number of rotatable bonds is 3. The summed E-state index contributed by atoms with van der Waals surface area (Å²) in [4.78, 5) is 0.319. The number of methoxy groups -OCH3 is 1. The van der Waals surface area contributed by atoms with Crippen molar-refractivity contribution in [2.75, 3.05) is 33.3 Å². The second-order valence-corrected chi connectivity index (χ2v) is 8.42. The SMILES string of the molecule is COc1ccc(S(=O)(=O)N2CCC3CNCC3C2)cc1Br.Cl. The summed E-state index contributed by atoms with van der Waals surface area (Å²) in [6.07, 6.45) is 0.939. The fourth-order valence-corrected chi connectivity index (χ4v) is 5.41. The van der Waals surface area contributed by atoms with Crippen LogP contribution in [0.3, 0.4) is 0 Å². The molecule has 0 amide bonds. The monoisotopic (exact) mass is 410 g/mol. The van der Waals surface area contributed by atoms with Gasteiger partial charge in [-0.25, -0.2) is 8.42 Å². The number of piperidine rings is 1. The van der Waals surface area contributed by atoms with Crippen LogP contribution in [0.2, 0.25) is 0 Å². The van der Waals surface area contributed by atoms with Crippen molar-refractivity contribution in [3.05, 3.63) is 22.7 Å². The molecule has 0 aromatic heterocycles. The maximum atomic E-state index is 12.8. The van der Waals surface area contributed by atoms with Gasteiger partial charge in [-0.2, -0.15) is 4.31 Å². The van der Waals surface area contributed by atoms with E-state index in [0.717, 1.165) is 19.5 Å². The van der Waals surface area contributed by atoms with Crippen molar-refractivity contribution in [3.8, 4) is 5.75 Å². The molecular formula is C14H20BrClN2O3S. The number of ether oxygens (including phenoxy) is 1. The zero-order chi connectivity index (χ0) is 15.0. The Morgan fingerprint density at radius 1 is 1.32 bits per heavy atom. The summed E-state index contributed by atoms with van der Waals surface area (Å²) in [5, 5.41) is 3.35. The van der Waals surface area contributed by atoms with Crippen molar-refractivity contribution in [1.82, 2.24) is 9.62 Å². The predicted octanol–water partition coefficient (Wildman–Crippen LogP) is 2.11. The molecule has 2 fully saturated rings. The number of hydrogen-bond acceptors (Lipinski definition) is 4. The van der Waals surface area contributed by atoms with Gasteiger partial charge in [-0.05, 0) is 65.5 Å². The lowest BCUT2D eigenvalue weighted by Crippen LogP contribution is -2.43. The van der Waals surface area contributed by atoms with Crippen molar-refractivity contribution in [2.24, 2.45) is 11.8 Å². The molecule has 2 atom stereocenters. The summed E-state index contributed by atoms with van der Waals surface area (Å²) in [7, 11) is -1.87. The van der Waals surface area contributed by atoms with Crippen LogP contribution in [-0.2, 0) is 10.0 Å². The molecule has 2 saturated heterocycles. The maximum absolute atomic E-state index is 12.8. The average molecular weight is 412 g/mol.